The number of rotatable bonds is 5. The molecule has 0 saturated carbocycles. The molecule has 1 amide bonds. The number of nitrogens with zero attached hydrogens (tertiary/aromatic N) is 1. The third-order valence-corrected chi connectivity index (χ3v) is 2.85. The van der Waals surface area contributed by atoms with Gasteiger partial charge in [0, 0.05) is 24.3 Å². The Hall–Kier alpha value is -2.20. The van der Waals surface area contributed by atoms with E-state index in [4.69, 9.17) is 5.73 Å². The quantitative estimate of drug-likeness (QED) is 0.855. The molecule has 2 aromatic rings. The van der Waals surface area contributed by atoms with E-state index >= 15 is 0 Å². The Kier molecular flexibility index (Phi) is 4.26. The van der Waals surface area contributed by atoms with Crippen LogP contribution in [0.2, 0.25) is 0 Å². The van der Waals surface area contributed by atoms with Crippen molar-refractivity contribution < 1.29 is 4.79 Å². The number of amides is 1. The average molecular weight is 255 g/mol. The summed E-state index contributed by atoms with van der Waals surface area (Å²) in [7, 11) is 0. The molecule has 98 valence electrons. The maximum Gasteiger partial charge on any atom is 0.249 e. The normalized spacial score (nSPS) is 10.4. The Morgan fingerprint density at radius 2 is 1.95 bits per heavy atom. The Labute approximate surface area is 112 Å². The lowest BCUT2D eigenvalue weighted by Gasteiger charge is -2.08. The highest BCUT2D eigenvalue weighted by Crippen LogP contribution is 2.08. The van der Waals surface area contributed by atoms with E-state index in [1.54, 1.807) is 6.07 Å². The highest BCUT2D eigenvalue weighted by molar-refractivity contribution is 5.94. The van der Waals surface area contributed by atoms with Crippen molar-refractivity contribution in [3.05, 3.63) is 65.0 Å². The summed E-state index contributed by atoms with van der Waals surface area (Å²) < 4.78 is 0. The minimum Gasteiger partial charge on any atom is -0.366 e. The first-order valence-corrected chi connectivity index (χ1v) is 6.18. The van der Waals surface area contributed by atoms with Crippen molar-refractivity contribution in [2.24, 2.45) is 5.73 Å². The van der Waals surface area contributed by atoms with Gasteiger partial charge in [0.15, 0.2) is 0 Å². The van der Waals surface area contributed by atoms with E-state index in [0.717, 1.165) is 17.0 Å². The summed E-state index contributed by atoms with van der Waals surface area (Å²) in [4.78, 5) is 15.7. The van der Waals surface area contributed by atoms with Gasteiger partial charge < -0.3 is 11.1 Å². The lowest BCUT2D eigenvalue weighted by atomic mass is 10.1. The van der Waals surface area contributed by atoms with Crippen LogP contribution >= 0.6 is 0 Å². The molecule has 0 unspecified atom stereocenters. The number of hydrogen-bond acceptors (Lipinski definition) is 3. The lowest BCUT2D eigenvalue weighted by Crippen LogP contribution is -2.19. The average Bonchev–Trinajstić information content (AvgIpc) is 2.39. The van der Waals surface area contributed by atoms with Gasteiger partial charge in [-0.15, -0.1) is 0 Å². The third kappa shape index (κ3) is 3.63. The van der Waals surface area contributed by atoms with E-state index in [2.05, 4.69) is 10.3 Å². The Balaban J connectivity index is 1.98. The van der Waals surface area contributed by atoms with Gasteiger partial charge in [-0.25, -0.2) is 0 Å². The van der Waals surface area contributed by atoms with Crippen LogP contribution in [0.15, 0.2) is 42.5 Å². The van der Waals surface area contributed by atoms with Crippen LogP contribution in [0.5, 0.6) is 0 Å². The molecule has 0 radical (unpaired) electrons. The van der Waals surface area contributed by atoms with Crippen LogP contribution in [0.25, 0.3) is 0 Å². The molecule has 19 heavy (non-hydrogen) atoms. The number of benzene rings is 1. The van der Waals surface area contributed by atoms with Crippen molar-refractivity contribution in [2.45, 2.75) is 20.0 Å². The fraction of sp³-hybridized carbons (Fsp3) is 0.200. The van der Waals surface area contributed by atoms with Crippen LogP contribution in [0.1, 0.15) is 27.3 Å². The second-order valence-electron chi connectivity index (χ2n) is 4.40. The molecular formula is C15H17N3O. The SMILES string of the molecule is Cc1cccc(CNCc2ccccc2C(N)=O)n1. The zero-order chi connectivity index (χ0) is 13.7. The summed E-state index contributed by atoms with van der Waals surface area (Å²) in [5.74, 6) is -0.397. The van der Waals surface area contributed by atoms with Gasteiger partial charge in [0.05, 0.1) is 5.69 Å². The van der Waals surface area contributed by atoms with Crippen LogP contribution in [0, 0.1) is 6.92 Å². The van der Waals surface area contributed by atoms with Gasteiger partial charge in [-0.1, -0.05) is 24.3 Å². The number of nitrogens with one attached hydrogen (secondary N) is 1. The van der Waals surface area contributed by atoms with Crippen LogP contribution in [0.3, 0.4) is 0 Å². The molecule has 1 aromatic heterocycles. The van der Waals surface area contributed by atoms with Crippen molar-refractivity contribution in [3.63, 3.8) is 0 Å². The number of hydrogen-bond donors (Lipinski definition) is 2. The van der Waals surface area contributed by atoms with Gasteiger partial charge in [0.2, 0.25) is 5.91 Å². The molecule has 0 fully saturated rings. The van der Waals surface area contributed by atoms with Crippen molar-refractivity contribution >= 4 is 5.91 Å². The summed E-state index contributed by atoms with van der Waals surface area (Å²) >= 11 is 0. The molecule has 4 heteroatoms. The number of aryl methyl sites for hydroxylation is 1. The van der Waals surface area contributed by atoms with Gasteiger partial charge in [0.25, 0.3) is 0 Å². The van der Waals surface area contributed by atoms with Gasteiger partial charge in [-0.2, -0.15) is 0 Å². The number of carbonyl (C=O) groups is 1. The first kappa shape index (κ1) is 13.2. The van der Waals surface area contributed by atoms with Crippen LogP contribution in [-0.2, 0) is 13.1 Å². The zero-order valence-corrected chi connectivity index (χ0v) is 10.9. The molecule has 0 aliphatic heterocycles. The summed E-state index contributed by atoms with van der Waals surface area (Å²) in [5.41, 5.74) is 8.79. The van der Waals surface area contributed by atoms with E-state index in [1.165, 1.54) is 0 Å². The van der Waals surface area contributed by atoms with Crippen molar-refractivity contribution in [2.75, 3.05) is 0 Å². The fourth-order valence-electron chi connectivity index (χ4n) is 1.94. The fourth-order valence-corrected chi connectivity index (χ4v) is 1.94. The molecule has 0 aliphatic rings. The van der Waals surface area contributed by atoms with Crippen molar-refractivity contribution in [1.29, 1.82) is 0 Å². The third-order valence-electron chi connectivity index (χ3n) is 2.85. The first-order chi connectivity index (χ1) is 9.16. The molecule has 1 heterocycles. The monoisotopic (exact) mass is 255 g/mol. The first-order valence-electron chi connectivity index (χ1n) is 6.18. The minimum atomic E-state index is -0.397. The maximum atomic E-state index is 11.3. The molecule has 0 atom stereocenters. The van der Waals surface area contributed by atoms with E-state index in [-0.39, 0.29) is 0 Å². The minimum absolute atomic E-state index is 0.397. The van der Waals surface area contributed by atoms with Crippen molar-refractivity contribution in [3.8, 4) is 0 Å². The number of carbonyl (C=O) groups excluding carboxylic acids is 1. The second kappa shape index (κ2) is 6.11. The summed E-state index contributed by atoms with van der Waals surface area (Å²) in [5, 5.41) is 3.27. The highest BCUT2D eigenvalue weighted by Gasteiger charge is 2.06. The van der Waals surface area contributed by atoms with E-state index in [9.17, 15) is 4.79 Å². The standard InChI is InChI=1S/C15H17N3O/c1-11-5-4-7-13(18-11)10-17-9-12-6-2-3-8-14(12)15(16)19/h2-8,17H,9-10H2,1H3,(H2,16,19). The van der Waals surface area contributed by atoms with Crippen LogP contribution < -0.4 is 11.1 Å². The van der Waals surface area contributed by atoms with Gasteiger partial charge >= 0.3 is 0 Å². The molecule has 0 saturated heterocycles. The maximum absolute atomic E-state index is 11.3. The zero-order valence-electron chi connectivity index (χ0n) is 10.9. The number of nitrogens with two attached hydrogens (primary N) is 1. The van der Waals surface area contributed by atoms with Crippen LogP contribution in [-0.4, -0.2) is 10.9 Å². The predicted molar refractivity (Wildman–Crippen MR) is 74.5 cm³/mol. The van der Waals surface area contributed by atoms with Gasteiger partial charge in [0.1, 0.15) is 0 Å². The molecule has 2 rings (SSSR count). The Morgan fingerprint density at radius 1 is 1.16 bits per heavy atom. The van der Waals surface area contributed by atoms with Gasteiger partial charge in [-0.3, -0.25) is 9.78 Å². The molecule has 0 spiro atoms. The smallest absolute Gasteiger partial charge is 0.249 e. The van der Waals surface area contributed by atoms with Gasteiger partial charge in [-0.05, 0) is 30.7 Å². The number of aromatic nitrogens is 1. The molecule has 1 aromatic carbocycles. The van der Waals surface area contributed by atoms with E-state index in [0.29, 0.717) is 18.7 Å². The number of primary amides is 1. The van der Waals surface area contributed by atoms with E-state index < -0.39 is 5.91 Å². The van der Waals surface area contributed by atoms with E-state index in [1.807, 2.05) is 43.3 Å². The largest absolute Gasteiger partial charge is 0.366 e. The number of pyridine rings is 1. The Morgan fingerprint density at radius 3 is 2.68 bits per heavy atom. The Bertz CT molecular complexity index is 581. The summed E-state index contributed by atoms with van der Waals surface area (Å²) in [6.07, 6.45) is 0. The van der Waals surface area contributed by atoms with Crippen LogP contribution in [0.4, 0.5) is 0 Å². The van der Waals surface area contributed by atoms with Crippen molar-refractivity contribution in [1.82, 2.24) is 10.3 Å². The highest BCUT2D eigenvalue weighted by atomic mass is 16.1. The molecule has 4 nitrogen and oxygen atoms in total. The molecular weight excluding hydrogens is 238 g/mol. The topological polar surface area (TPSA) is 68.0 Å². The molecule has 3 N–H and O–H groups in total. The lowest BCUT2D eigenvalue weighted by molar-refractivity contribution is 0.0999. The summed E-state index contributed by atoms with van der Waals surface area (Å²) in [6, 6.07) is 13.3. The predicted octanol–water partition coefficient (Wildman–Crippen LogP) is 1.78. The molecule has 0 aliphatic carbocycles. The molecule has 0 bridgehead atoms. The summed E-state index contributed by atoms with van der Waals surface area (Å²) in [6.45, 7) is 3.22. The second-order valence-corrected chi connectivity index (χ2v) is 4.40.